The molecule has 0 saturated heterocycles. The van der Waals surface area contributed by atoms with E-state index in [4.69, 9.17) is 16.7 Å². The quantitative estimate of drug-likeness (QED) is 0.659. The second kappa shape index (κ2) is 5.73. The van der Waals surface area contributed by atoms with Crippen molar-refractivity contribution in [2.24, 2.45) is 0 Å². The van der Waals surface area contributed by atoms with Gasteiger partial charge in [-0.15, -0.1) is 0 Å². The molecule has 0 spiro atoms. The van der Waals surface area contributed by atoms with E-state index in [-0.39, 0.29) is 0 Å². The molecule has 1 aliphatic rings. The van der Waals surface area contributed by atoms with Gasteiger partial charge in [-0.2, -0.15) is 5.10 Å². The molecular formula is C18H18ClN3. The van der Waals surface area contributed by atoms with Crippen molar-refractivity contribution in [1.82, 2.24) is 14.6 Å². The van der Waals surface area contributed by atoms with Gasteiger partial charge in [0.1, 0.15) is 0 Å². The maximum atomic E-state index is 6.12. The van der Waals surface area contributed by atoms with Gasteiger partial charge in [-0.3, -0.25) is 0 Å². The summed E-state index contributed by atoms with van der Waals surface area (Å²) in [5, 5.41) is 5.61. The van der Waals surface area contributed by atoms with E-state index in [0.29, 0.717) is 5.92 Å². The molecule has 0 bridgehead atoms. The lowest BCUT2D eigenvalue weighted by Crippen LogP contribution is -2.09. The zero-order valence-corrected chi connectivity index (χ0v) is 13.1. The molecule has 0 amide bonds. The molecule has 4 rings (SSSR count). The van der Waals surface area contributed by atoms with E-state index >= 15 is 0 Å². The van der Waals surface area contributed by atoms with Crippen molar-refractivity contribution in [3.63, 3.8) is 0 Å². The van der Waals surface area contributed by atoms with Crippen molar-refractivity contribution in [2.45, 2.75) is 38.0 Å². The van der Waals surface area contributed by atoms with E-state index in [1.165, 1.54) is 37.8 Å². The third kappa shape index (κ3) is 2.50. The van der Waals surface area contributed by atoms with E-state index < -0.39 is 0 Å². The number of benzene rings is 1. The molecule has 22 heavy (non-hydrogen) atoms. The van der Waals surface area contributed by atoms with Crippen molar-refractivity contribution < 1.29 is 0 Å². The van der Waals surface area contributed by atoms with Gasteiger partial charge >= 0.3 is 0 Å². The summed E-state index contributed by atoms with van der Waals surface area (Å²) in [6.07, 6.45) is 8.36. The maximum absolute atomic E-state index is 6.12. The Morgan fingerprint density at radius 2 is 1.91 bits per heavy atom. The number of fused-ring (bicyclic) bond motifs is 1. The molecular weight excluding hydrogens is 294 g/mol. The summed E-state index contributed by atoms with van der Waals surface area (Å²) in [6, 6.07) is 12.1. The highest BCUT2D eigenvalue weighted by Crippen LogP contribution is 2.32. The van der Waals surface area contributed by atoms with Crippen molar-refractivity contribution in [3.8, 4) is 11.3 Å². The third-order valence-electron chi connectivity index (χ3n) is 4.53. The number of hydrogen-bond donors (Lipinski definition) is 0. The largest absolute Gasteiger partial charge is 0.235 e. The molecule has 3 nitrogen and oxygen atoms in total. The SMILES string of the molecule is Clc1cccc(-c2cnc3ccc(C4CCCCC4)nn23)c1. The fourth-order valence-corrected chi connectivity index (χ4v) is 3.54. The zero-order chi connectivity index (χ0) is 14.9. The van der Waals surface area contributed by atoms with Crippen molar-refractivity contribution >= 4 is 17.2 Å². The van der Waals surface area contributed by atoms with Gasteiger partial charge in [-0.25, -0.2) is 9.50 Å². The van der Waals surface area contributed by atoms with Crippen LogP contribution in [0.15, 0.2) is 42.6 Å². The average molecular weight is 312 g/mol. The van der Waals surface area contributed by atoms with Gasteiger partial charge in [0, 0.05) is 16.5 Å². The van der Waals surface area contributed by atoms with Crippen LogP contribution in [-0.2, 0) is 0 Å². The van der Waals surface area contributed by atoms with Crippen LogP contribution < -0.4 is 0 Å². The first-order valence-electron chi connectivity index (χ1n) is 7.92. The first kappa shape index (κ1) is 13.8. The predicted octanol–water partition coefficient (Wildman–Crippen LogP) is 5.10. The number of aromatic nitrogens is 3. The Labute approximate surface area is 135 Å². The smallest absolute Gasteiger partial charge is 0.154 e. The Morgan fingerprint density at radius 1 is 1.05 bits per heavy atom. The maximum Gasteiger partial charge on any atom is 0.154 e. The van der Waals surface area contributed by atoms with E-state index in [0.717, 1.165) is 21.9 Å². The monoisotopic (exact) mass is 311 g/mol. The summed E-state index contributed by atoms with van der Waals surface area (Å²) in [5.41, 5.74) is 4.12. The van der Waals surface area contributed by atoms with Crippen LogP contribution >= 0.6 is 11.6 Å². The summed E-state index contributed by atoms with van der Waals surface area (Å²) in [5.74, 6) is 0.591. The highest BCUT2D eigenvalue weighted by molar-refractivity contribution is 6.30. The summed E-state index contributed by atoms with van der Waals surface area (Å²) in [4.78, 5) is 4.47. The van der Waals surface area contributed by atoms with Gasteiger partial charge in [0.15, 0.2) is 5.65 Å². The molecule has 3 aromatic rings. The fraction of sp³-hybridized carbons (Fsp3) is 0.333. The van der Waals surface area contributed by atoms with Crippen LogP contribution in [0.4, 0.5) is 0 Å². The van der Waals surface area contributed by atoms with Crippen LogP contribution in [0.3, 0.4) is 0 Å². The summed E-state index contributed by atoms with van der Waals surface area (Å²) < 4.78 is 1.95. The molecule has 0 N–H and O–H groups in total. The van der Waals surface area contributed by atoms with Crippen molar-refractivity contribution in [1.29, 1.82) is 0 Å². The molecule has 2 heterocycles. The number of rotatable bonds is 2. The second-order valence-corrected chi connectivity index (χ2v) is 6.45. The van der Waals surface area contributed by atoms with Crippen LogP contribution in [0.1, 0.15) is 43.7 Å². The van der Waals surface area contributed by atoms with Gasteiger partial charge in [-0.05, 0) is 37.1 Å². The molecule has 1 fully saturated rings. The molecule has 4 heteroatoms. The van der Waals surface area contributed by atoms with E-state index in [1.54, 1.807) is 0 Å². The molecule has 0 unspecified atom stereocenters. The van der Waals surface area contributed by atoms with Gasteiger partial charge in [-0.1, -0.05) is 43.0 Å². The number of nitrogens with zero attached hydrogens (tertiary/aromatic N) is 3. The normalized spacial score (nSPS) is 16.2. The summed E-state index contributed by atoms with van der Waals surface area (Å²) in [6.45, 7) is 0. The van der Waals surface area contributed by atoms with Crippen LogP contribution in [0, 0.1) is 0 Å². The number of halogens is 1. The Hall–Kier alpha value is -1.87. The second-order valence-electron chi connectivity index (χ2n) is 6.02. The minimum Gasteiger partial charge on any atom is -0.235 e. The van der Waals surface area contributed by atoms with Crippen LogP contribution in [0.2, 0.25) is 5.02 Å². The standard InChI is InChI=1S/C18H18ClN3/c19-15-8-4-7-14(11-15)17-12-20-18-10-9-16(21-22(17)18)13-5-2-1-3-6-13/h4,7-13H,1-3,5-6H2. The van der Waals surface area contributed by atoms with E-state index in [1.807, 2.05) is 35.0 Å². The Balaban J connectivity index is 1.79. The lowest BCUT2D eigenvalue weighted by atomic mass is 9.87. The van der Waals surface area contributed by atoms with Crippen molar-refractivity contribution in [3.05, 3.63) is 53.3 Å². The Bertz CT molecular complexity index is 803. The van der Waals surface area contributed by atoms with Gasteiger partial charge in [0.2, 0.25) is 0 Å². The third-order valence-corrected chi connectivity index (χ3v) is 4.76. The Morgan fingerprint density at radius 3 is 2.73 bits per heavy atom. The fourth-order valence-electron chi connectivity index (χ4n) is 3.35. The van der Waals surface area contributed by atoms with Crippen LogP contribution in [-0.4, -0.2) is 14.6 Å². The first-order chi connectivity index (χ1) is 10.8. The van der Waals surface area contributed by atoms with Gasteiger partial charge in [0.25, 0.3) is 0 Å². The van der Waals surface area contributed by atoms with E-state index in [9.17, 15) is 0 Å². The average Bonchev–Trinajstić information content (AvgIpc) is 2.99. The highest BCUT2D eigenvalue weighted by atomic mass is 35.5. The van der Waals surface area contributed by atoms with Crippen LogP contribution in [0.5, 0.6) is 0 Å². The lowest BCUT2D eigenvalue weighted by Gasteiger charge is -2.20. The summed E-state index contributed by atoms with van der Waals surface area (Å²) >= 11 is 6.12. The molecule has 0 radical (unpaired) electrons. The molecule has 112 valence electrons. The molecule has 0 aliphatic heterocycles. The number of hydrogen-bond acceptors (Lipinski definition) is 2. The molecule has 0 atom stereocenters. The predicted molar refractivity (Wildman–Crippen MR) is 89.3 cm³/mol. The topological polar surface area (TPSA) is 30.2 Å². The minimum absolute atomic E-state index is 0.591. The Kier molecular flexibility index (Phi) is 3.59. The van der Waals surface area contributed by atoms with E-state index in [2.05, 4.69) is 17.1 Å². The lowest BCUT2D eigenvalue weighted by molar-refractivity contribution is 0.433. The first-order valence-corrected chi connectivity index (χ1v) is 8.30. The van der Waals surface area contributed by atoms with Crippen LogP contribution in [0.25, 0.3) is 16.9 Å². The molecule has 2 aromatic heterocycles. The highest BCUT2D eigenvalue weighted by Gasteiger charge is 2.18. The summed E-state index contributed by atoms with van der Waals surface area (Å²) in [7, 11) is 0. The minimum atomic E-state index is 0.591. The van der Waals surface area contributed by atoms with Gasteiger partial charge in [0.05, 0.1) is 17.6 Å². The molecule has 1 aliphatic carbocycles. The van der Waals surface area contributed by atoms with Crippen molar-refractivity contribution in [2.75, 3.05) is 0 Å². The number of imidazole rings is 1. The zero-order valence-electron chi connectivity index (χ0n) is 12.4. The molecule has 1 aromatic carbocycles. The molecule has 1 saturated carbocycles. The van der Waals surface area contributed by atoms with Gasteiger partial charge < -0.3 is 0 Å².